The molecular weight excluding hydrogens is 281 g/mol. The van der Waals surface area contributed by atoms with Crippen LogP contribution in [-0.4, -0.2) is 31.0 Å². The highest BCUT2D eigenvalue weighted by Crippen LogP contribution is 2.34. The van der Waals surface area contributed by atoms with Crippen molar-refractivity contribution in [1.82, 2.24) is 4.98 Å². The molecular formula is C11H13F3N2O4. The van der Waals surface area contributed by atoms with Gasteiger partial charge in [0.05, 0.1) is 25.6 Å². The normalized spacial score (nSPS) is 11.1. The second kappa shape index (κ2) is 6.42. The maximum Gasteiger partial charge on any atom is 0.573 e. The van der Waals surface area contributed by atoms with Gasteiger partial charge in [0.25, 0.3) is 0 Å². The number of carbonyl (C=O) groups excluding carboxylic acids is 1. The lowest BCUT2D eigenvalue weighted by Gasteiger charge is -2.16. The predicted molar refractivity (Wildman–Crippen MR) is 61.3 cm³/mol. The topological polar surface area (TPSA) is 83.7 Å². The van der Waals surface area contributed by atoms with Crippen LogP contribution in [0, 0.1) is 0 Å². The van der Waals surface area contributed by atoms with Crippen molar-refractivity contribution < 1.29 is 32.2 Å². The largest absolute Gasteiger partial charge is 0.573 e. The molecule has 6 nitrogen and oxygen atoms in total. The Kier molecular flexibility index (Phi) is 5.14. The fourth-order valence-corrected chi connectivity index (χ4v) is 1.48. The van der Waals surface area contributed by atoms with Gasteiger partial charge in [0, 0.05) is 6.54 Å². The Hall–Kier alpha value is -2.03. The summed E-state index contributed by atoms with van der Waals surface area (Å²) in [5.41, 5.74) is 5.01. The lowest BCUT2D eigenvalue weighted by molar-refractivity contribution is -0.274. The Bertz CT molecular complexity index is 491. The van der Waals surface area contributed by atoms with Crippen molar-refractivity contribution in [2.45, 2.75) is 19.8 Å². The third kappa shape index (κ3) is 3.73. The molecule has 0 unspecified atom stereocenters. The molecule has 0 aromatic carbocycles. The molecule has 0 aliphatic carbocycles. The van der Waals surface area contributed by atoms with Crippen LogP contribution in [0.25, 0.3) is 0 Å². The summed E-state index contributed by atoms with van der Waals surface area (Å²) in [6, 6.07) is 0. The molecule has 0 atom stereocenters. The lowest BCUT2D eigenvalue weighted by atomic mass is 10.1. The summed E-state index contributed by atoms with van der Waals surface area (Å²) in [5.74, 6) is -2.02. The number of ether oxygens (including phenoxy) is 3. The van der Waals surface area contributed by atoms with E-state index in [0.717, 1.165) is 6.20 Å². The molecule has 0 spiro atoms. The number of hydrogen-bond acceptors (Lipinski definition) is 6. The molecule has 0 aliphatic rings. The fourth-order valence-electron chi connectivity index (χ4n) is 1.48. The van der Waals surface area contributed by atoms with Gasteiger partial charge in [-0.15, -0.1) is 13.2 Å². The van der Waals surface area contributed by atoms with Gasteiger partial charge in [-0.2, -0.15) is 0 Å². The number of hydrogen-bond donors (Lipinski definition) is 1. The predicted octanol–water partition coefficient (Wildman–Crippen LogP) is 1.62. The van der Waals surface area contributed by atoms with Crippen LogP contribution in [-0.2, 0) is 11.3 Å². The smallest absolute Gasteiger partial charge is 0.494 e. The van der Waals surface area contributed by atoms with E-state index in [9.17, 15) is 18.0 Å². The van der Waals surface area contributed by atoms with Crippen molar-refractivity contribution in [1.29, 1.82) is 0 Å². The summed E-state index contributed by atoms with van der Waals surface area (Å²) in [6.07, 6.45) is -4.22. The van der Waals surface area contributed by atoms with Crippen molar-refractivity contribution >= 4 is 5.97 Å². The highest BCUT2D eigenvalue weighted by atomic mass is 19.4. The van der Waals surface area contributed by atoms with Gasteiger partial charge in [0.1, 0.15) is 5.56 Å². The molecule has 0 saturated carbocycles. The van der Waals surface area contributed by atoms with Crippen LogP contribution in [0.15, 0.2) is 6.20 Å². The first-order valence-corrected chi connectivity index (χ1v) is 5.52. The van der Waals surface area contributed by atoms with Gasteiger partial charge in [0.15, 0.2) is 11.5 Å². The average molecular weight is 294 g/mol. The first-order valence-electron chi connectivity index (χ1n) is 5.52. The van der Waals surface area contributed by atoms with Crippen LogP contribution in [0.3, 0.4) is 0 Å². The van der Waals surface area contributed by atoms with Gasteiger partial charge < -0.3 is 19.9 Å². The number of esters is 1. The lowest BCUT2D eigenvalue weighted by Crippen LogP contribution is -2.21. The van der Waals surface area contributed by atoms with E-state index in [0.29, 0.717) is 0 Å². The summed E-state index contributed by atoms with van der Waals surface area (Å²) >= 11 is 0. The van der Waals surface area contributed by atoms with E-state index in [1.165, 1.54) is 14.0 Å². The van der Waals surface area contributed by atoms with Crippen LogP contribution in [0.2, 0.25) is 0 Å². The van der Waals surface area contributed by atoms with Crippen molar-refractivity contribution in [3.63, 3.8) is 0 Å². The molecule has 0 amide bonds. The molecule has 0 saturated heterocycles. The molecule has 0 fully saturated rings. The van der Waals surface area contributed by atoms with Crippen LogP contribution in [0.1, 0.15) is 23.0 Å². The van der Waals surface area contributed by atoms with Gasteiger partial charge in [-0.05, 0) is 6.92 Å². The Morgan fingerprint density at radius 3 is 2.55 bits per heavy atom. The average Bonchev–Trinajstić information content (AvgIpc) is 2.36. The maximum atomic E-state index is 12.3. The number of nitrogens with two attached hydrogens (primary N) is 1. The zero-order chi connectivity index (χ0) is 15.3. The minimum Gasteiger partial charge on any atom is -0.494 e. The van der Waals surface area contributed by atoms with E-state index in [-0.39, 0.29) is 24.6 Å². The quantitative estimate of drug-likeness (QED) is 0.831. The van der Waals surface area contributed by atoms with Crippen molar-refractivity contribution in [3.05, 3.63) is 17.5 Å². The Labute approximate surface area is 112 Å². The Morgan fingerprint density at radius 1 is 1.45 bits per heavy atom. The molecule has 1 aromatic heterocycles. The van der Waals surface area contributed by atoms with Crippen LogP contribution < -0.4 is 15.2 Å². The first kappa shape index (κ1) is 16.0. The van der Waals surface area contributed by atoms with Crippen molar-refractivity contribution in [2.24, 2.45) is 5.73 Å². The molecule has 0 radical (unpaired) electrons. The van der Waals surface area contributed by atoms with E-state index < -0.39 is 23.6 Å². The molecule has 0 bridgehead atoms. The summed E-state index contributed by atoms with van der Waals surface area (Å²) in [5, 5.41) is 0. The Morgan fingerprint density at radius 2 is 2.10 bits per heavy atom. The molecule has 20 heavy (non-hydrogen) atoms. The third-order valence-electron chi connectivity index (χ3n) is 2.18. The molecule has 2 N–H and O–H groups in total. The number of methoxy groups -OCH3 is 1. The van der Waals surface area contributed by atoms with E-state index in [1.54, 1.807) is 0 Å². The molecule has 9 heteroatoms. The van der Waals surface area contributed by atoms with Crippen molar-refractivity contribution in [3.8, 4) is 11.5 Å². The second-order valence-electron chi connectivity index (χ2n) is 3.45. The molecule has 1 heterocycles. The molecule has 112 valence electrons. The summed E-state index contributed by atoms with van der Waals surface area (Å²) < 4.78 is 50.3. The van der Waals surface area contributed by atoms with Gasteiger partial charge in [-0.1, -0.05) is 0 Å². The number of rotatable bonds is 5. The van der Waals surface area contributed by atoms with E-state index in [4.69, 9.17) is 15.2 Å². The maximum absolute atomic E-state index is 12.3. The standard InChI is InChI=1S/C11H13F3N2O4/c1-3-19-10(17)8-7(20-11(12,13)14)5-16-6(4-15)9(8)18-2/h5H,3-4,15H2,1-2H3. The van der Waals surface area contributed by atoms with Gasteiger partial charge in [-0.3, -0.25) is 4.98 Å². The zero-order valence-corrected chi connectivity index (χ0v) is 10.8. The number of pyridine rings is 1. The molecule has 0 aliphatic heterocycles. The van der Waals surface area contributed by atoms with Crippen LogP contribution >= 0.6 is 0 Å². The molecule has 1 aromatic rings. The number of alkyl halides is 3. The second-order valence-corrected chi connectivity index (χ2v) is 3.45. The first-order chi connectivity index (χ1) is 9.34. The minimum absolute atomic E-state index is 0.0201. The van der Waals surface area contributed by atoms with E-state index in [1.807, 2.05) is 0 Å². The SMILES string of the molecule is CCOC(=O)c1c(OC(F)(F)F)cnc(CN)c1OC. The van der Waals surface area contributed by atoms with Gasteiger partial charge in [-0.25, -0.2) is 4.79 Å². The number of halogens is 3. The van der Waals surface area contributed by atoms with Crippen LogP contribution in [0.4, 0.5) is 13.2 Å². The van der Waals surface area contributed by atoms with E-state index in [2.05, 4.69) is 9.72 Å². The fraction of sp³-hybridized carbons (Fsp3) is 0.455. The summed E-state index contributed by atoms with van der Waals surface area (Å²) in [6.45, 7) is 1.37. The molecule has 1 rings (SSSR count). The van der Waals surface area contributed by atoms with E-state index >= 15 is 0 Å². The Balaban J connectivity index is 3.39. The number of nitrogens with zero attached hydrogens (tertiary/aromatic N) is 1. The highest BCUT2D eigenvalue weighted by Gasteiger charge is 2.35. The summed E-state index contributed by atoms with van der Waals surface area (Å²) in [4.78, 5) is 15.5. The highest BCUT2D eigenvalue weighted by molar-refractivity contribution is 5.95. The number of carbonyl (C=O) groups is 1. The van der Waals surface area contributed by atoms with Gasteiger partial charge in [0.2, 0.25) is 0 Å². The number of aromatic nitrogens is 1. The van der Waals surface area contributed by atoms with Crippen molar-refractivity contribution in [2.75, 3.05) is 13.7 Å². The summed E-state index contributed by atoms with van der Waals surface area (Å²) in [7, 11) is 1.18. The monoisotopic (exact) mass is 294 g/mol. The third-order valence-corrected chi connectivity index (χ3v) is 2.18. The van der Waals surface area contributed by atoms with Crippen LogP contribution in [0.5, 0.6) is 11.5 Å². The van der Waals surface area contributed by atoms with Gasteiger partial charge >= 0.3 is 12.3 Å². The zero-order valence-electron chi connectivity index (χ0n) is 10.8. The minimum atomic E-state index is -4.97.